The summed E-state index contributed by atoms with van der Waals surface area (Å²) in [5.74, 6) is 1.44. The Balaban J connectivity index is 1.99. The minimum absolute atomic E-state index is 0.0599. The Bertz CT molecular complexity index is 749. The Morgan fingerprint density at radius 3 is 2.64 bits per heavy atom. The predicted molar refractivity (Wildman–Crippen MR) is 99.8 cm³/mol. The second-order valence-electron chi connectivity index (χ2n) is 5.95. The van der Waals surface area contributed by atoms with Crippen LogP contribution in [0.25, 0.3) is 0 Å². The van der Waals surface area contributed by atoms with Gasteiger partial charge in [0.25, 0.3) is 5.91 Å². The van der Waals surface area contributed by atoms with Gasteiger partial charge in [-0.25, -0.2) is 0 Å². The van der Waals surface area contributed by atoms with Crippen molar-refractivity contribution < 1.29 is 19.2 Å². The monoisotopic (exact) mass is 363 g/mol. The Morgan fingerprint density at radius 2 is 1.96 bits per heavy atom. The van der Waals surface area contributed by atoms with Crippen LogP contribution in [0.5, 0.6) is 11.5 Å². The van der Waals surface area contributed by atoms with E-state index in [1.165, 1.54) is 0 Å². The van der Waals surface area contributed by atoms with E-state index in [4.69, 9.17) is 21.1 Å². The van der Waals surface area contributed by atoms with Crippen LogP contribution in [-0.4, -0.2) is 33.7 Å². The number of halogens is 1. The molecule has 6 heteroatoms. The zero-order valence-corrected chi connectivity index (χ0v) is 15.7. The largest absolute Gasteiger partial charge is 0.497 e. The van der Waals surface area contributed by atoms with E-state index < -0.39 is 0 Å². The fraction of sp³-hybridized carbons (Fsp3) is 0.316. The summed E-state index contributed by atoms with van der Waals surface area (Å²) in [5.41, 5.74) is 2.63. The van der Waals surface area contributed by atoms with Crippen molar-refractivity contribution in [3.8, 4) is 11.5 Å². The Kier molecular flexibility index (Phi) is 6.67. The first-order valence-corrected chi connectivity index (χ1v) is 8.39. The molecule has 2 N–H and O–H groups in total. The topological polar surface area (TPSA) is 52.0 Å². The first kappa shape index (κ1) is 19.1. The van der Waals surface area contributed by atoms with Gasteiger partial charge in [-0.1, -0.05) is 17.7 Å². The number of carbonyl (C=O) groups excluding carboxylic acids is 1. The van der Waals surface area contributed by atoms with Gasteiger partial charge in [-0.3, -0.25) is 4.79 Å². The van der Waals surface area contributed by atoms with E-state index in [0.717, 1.165) is 33.2 Å². The van der Waals surface area contributed by atoms with Crippen molar-refractivity contribution in [2.75, 3.05) is 33.1 Å². The molecular weight excluding hydrogens is 340 g/mol. The third-order valence-corrected chi connectivity index (χ3v) is 4.40. The standard InChI is InChI=1S/C19H23ClN2O3/c1-13-16(20)6-5-7-17(13)21-19(23)12-22(2)11-14-8-9-15(24-3)10-18(14)25-4/h5-10H,11-12H2,1-4H3,(H,21,23)/p+1. The maximum absolute atomic E-state index is 12.3. The van der Waals surface area contributed by atoms with Crippen molar-refractivity contribution in [3.05, 3.63) is 52.5 Å². The zero-order chi connectivity index (χ0) is 18.4. The molecule has 134 valence electrons. The molecule has 0 bridgehead atoms. The molecule has 5 nitrogen and oxygen atoms in total. The van der Waals surface area contributed by atoms with E-state index in [1.807, 2.05) is 44.3 Å². The molecule has 0 aliphatic rings. The normalized spacial score (nSPS) is 11.7. The number of rotatable bonds is 7. The molecule has 0 aliphatic heterocycles. The summed E-state index contributed by atoms with van der Waals surface area (Å²) in [5, 5.41) is 3.56. The number of methoxy groups -OCH3 is 2. The molecule has 0 aliphatic carbocycles. The second-order valence-corrected chi connectivity index (χ2v) is 6.36. The van der Waals surface area contributed by atoms with Gasteiger partial charge in [-0.15, -0.1) is 0 Å². The first-order valence-electron chi connectivity index (χ1n) is 8.01. The smallest absolute Gasteiger partial charge is 0.279 e. The summed E-state index contributed by atoms with van der Waals surface area (Å²) in [7, 11) is 5.21. The highest BCUT2D eigenvalue weighted by molar-refractivity contribution is 6.31. The highest BCUT2D eigenvalue weighted by Crippen LogP contribution is 2.24. The molecule has 2 aromatic carbocycles. The average Bonchev–Trinajstić information content (AvgIpc) is 2.59. The second kappa shape index (κ2) is 8.74. The number of quaternary nitrogens is 1. The molecule has 25 heavy (non-hydrogen) atoms. The quantitative estimate of drug-likeness (QED) is 0.793. The number of ether oxygens (including phenoxy) is 2. The minimum atomic E-state index is -0.0599. The molecule has 2 rings (SSSR count). The van der Waals surface area contributed by atoms with Gasteiger partial charge in [0.15, 0.2) is 6.54 Å². The van der Waals surface area contributed by atoms with Gasteiger partial charge in [0.2, 0.25) is 0 Å². The van der Waals surface area contributed by atoms with E-state index in [-0.39, 0.29) is 5.91 Å². The number of carbonyl (C=O) groups is 1. The van der Waals surface area contributed by atoms with Crippen LogP contribution in [-0.2, 0) is 11.3 Å². The maximum Gasteiger partial charge on any atom is 0.279 e. The lowest BCUT2D eigenvalue weighted by Gasteiger charge is -2.17. The van der Waals surface area contributed by atoms with Gasteiger partial charge < -0.3 is 19.7 Å². The number of anilines is 1. The van der Waals surface area contributed by atoms with E-state index in [0.29, 0.717) is 18.1 Å². The van der Waals surface area contributed by atoms with Crippen LogP contribution < -0.4 is 19.7 Å². The van der Waals surface area contributed by atoms with E-state index >= 15 is 0 Å². The molecule has 0 heterocycles. The van der Waals surface area contributed by atoms with Gasteiger partial charge >= 0.3 is 0 Å². The lowest BCUT2D eigenvalue weighted by atomic mass is 10.1. The van der Waals surface area contributed by atoms with E-state index in [2.05, 4.69) is 5.32 Å². The van der Waals surface area contributed by atoms with Crippen LogP contribution >= 0.6 is 11.6 Å². The minimum Gasteiger partial charge on any atom is -0.497 e. The fourth-order valence-electron chi connectivity index (χ4n) is 2.60. The Hall–Kier alpha value is -2.24. The van der Waals surface area contributed by atoms with Gasteiger partial charge in [0, 0.05) is 22.3 Å². The van der Waals surface area contributed by atoms with Gasteiger partial charge in [0.1, 0.15) is 18.0 Å². The maximum atomic E-state index is 12.3. The summed E-state index contributed by atoms with van der Waals surface area (Å²) in [6.07, 6.45) is 0. The zero-order valence-electron chi connectivity index (χ0n) is 15.0. The van der Waals surface area contributed by atoms with Gasteiger partial charge in [-0.05, 0) is 36.8 Å². The molecule has 0 saturated heterocycles. The number of benzene rings is 2. The molecular formula is C19H24ClN2O3+. The molecule has 1 amide bonds. The van der Waals surface area contributed by atoms with Crippen LogP contribution in [0.2, 0.25) is 5.02 Å². The molecule has 1 atom stereocenters. The van der Waals surface area contributed by atoms with Gasteiger partial charge in [-0.2, -0.15) is 0 Å². The van der Waals surface area contributed by atoms with Crippen molar-refractivity contribution in [1.29, 1.82) is 0 Å². The summed E-state index contributed by atoms with van der Waals surface area (Å²) < 4.78 is 10.6. The van der Waals surface area contributed by atoms with E-state index in [9.17, 15) is 4.79 Å². The van der Waals surface area contributed by atoms with Crippen LogP contribution in [0, 0.1) is 6.92 Å². The third-order valence-electron chi connectivity index (χ3n) is 3.99. The van der Waals surface area contributed by atoms with Crippen LogP contribution in [0.15, 0.2) is 36.4 Å². The predicted octanol–water partition coefficient (Wildman–Crippen LogP) is 2.32. The highest BCUT2D eigenvalue weighted by Gasteiger charge is 2.15. The first-order chi connectivity index (χ1) is 11.9. The molecule has 0 saturated carbocycles. The Labute approximate surface area is 153 Å². The van der Waals surface area contributed by atoms with Crippen molar-refractivity contribution in [2.24, 2.45) is 0 Å². The molecule has 2 aromatic rings. The number of hydrogen-bond acceptors (Lipinski definition) is 3. The summed E-state index contributed by atoms with van der Waals surface area (Å²) in [6.45, 7) is 2.88. The third kappa shape index (κ3) is 5.11. The van der Waals surface area contributed by atoms with Crippen molar-refractivity contribution in [1.82, 2.24) is 0 Å². The van der Waals surface area contributed by atoms with Crippen molar-refractivity contribution in [3.63, 3.8) is 0 Å². The van der Waals surface area contributed by atoms with Crippen molar-refractivity contribution in [2.45, 2.75) is 13.5 Å². The average molecular weight is 364 g/mol. The molecule has 0 spiro atoms. The molecule has 0 radical (unpaired) electrons. The fourth-order valence-corrected chi connectivity index (χ4v) is 2.77. The number of likely N-dealkylation sites (N-methyl/N-ethyl adjacent to an activating group) is 1. The van der Waals surface area contributed by atoms with E-state index in [1.54, 1.807) is 20.3 Å². The lowest BCUT2D eigenvalue weighted by molar-refractivity contribution is -0.885. The lowest BCUT2D eigenvalue weighted by Crippen LogP contribution is -3.08. The van der Waals surface area contributed by atoms with Crippen LogP contribution in [0.1, 0.15) is 11.1 Å². The van der Waals surface area contributed by atoms with Crippen LogP contribution in [0.4, 0.5) is 5.69 Å². The Morgan fingerprint density at radius 1 is 1.20 bits per heavy atom. The SMILES string of the molecule is COc1ccc(C[NH+](C)CC(=O)Nc2cccc(Cl)c2C)c(OC)c1. The van der Waals surface area contributed by atoms with Gasteiger partial charge in [0.05, 0.1) is 21.3 Å². The molecule has 0 aromatic heterocycles. The number of nitrogens with one attached hydrogen (secondary N) is 2. The summed E-state index contributed by atoms with van der Waals surface area (Å²) >= 11 is 6.09. The van der Waals surface area contributed by atoms with Crippen LogP contribution in [0.3, 0.4) is 0 Å². The summed E-state index contributed by atoms with van der Waals surface area (Å²) in [6, 6.07) is 11.2. The molecule has 1 unspecified atom stereocenters. The highest BCUT2D eigenvalue weighted by atomic mass is 35.5. The summed E-state index contributed by atoms with van der Waals surface area (Å²) in [4.78, 5) is 13.3. The number of amides is 1. The number of hydrogen-bond donors (Lipinski definition) is 2. The van der Waals surface area contributed by atoms with Crippen molar-refractivity contribution >= 4 is 23.2 Å². The molecule has 0 fully saturated rings.